The lowest BCUT2D eigenvalue weighted by Gasteiger charge is -1.99. The van der Waals surface area contributed by atoms with Crippen molar-refractivity contribution in [1.29, 1.82) is 0 Å². The van der Waals surface area contributed by atoms with Crippen molar-refractivity contribution in [1.82, 2.24) is 4.98 Å². The van der Waals surface area contributed by atoms with Crippen LogP contribution in [-0.4, -0.2) is 10.8 Å². The molecule has 0 bridgehead atoms. The monoisotopic (exact) mass is 255 g/mol. The first-order valence-corrected chi connectivity index (χ1v) is 5.97. The summed E-state index contributed by atoms with van der Waals surface area (Å²) < 4.78 is 13.1. The third-order valence-corrected chi connectivity index (χ3v) is 2.80. The van der Waals surface area contributed by atoms with Crippen molar-refractivity contribution in [3.63, 3.8) is 0 Å². The minimum absolute atomic E-state index is 0.149. The molecule has 0 saturated heterocycles. The number of carbonyl (C=O) groups is 1. The van der Waals surface area contributed by atoms with Gasteiger partial charge < -0.3 is 0 Å². The molecule has 2 rings (SSSR count). The van der Waals surface area contributed by atoms with Gasteiger partial charge in [-0.1, -0.05) is 6.07 Å². The number of rotatable bonds is 3. The van der Waals surface area contributed by atoms with Crippen LogP contribution in [0.5, 0.6) is 0 Å². The van der Waals surface area contributed by atoms with E-state index in [1.54, 1.807) is 25.3 Å². The van der Waals surface area contributed by atoms with Gasteiger partial charge >= 0.3 is 0 Å². The van der Waals surface area contributed by atoms with Crippen molar-refractivity contribution in [2.24, 2.45) is 0 Å². The number of benzene rings is 1. The van der Waals surface area contributed by atoms with Crippen molar-refractivity contribution in [2.45, 2.75) is 13.8 Å². The third-order valence-electron chi connectivity index (χ3n) is 2.80. The van der Waals surface area contributed by atoms with E-state index in [1.807, 2.05) is 19.1 Å². The highest BCUT2D eigenvalue weighted by atomic mass is 19.1. The minimum Gasteiger partial charge on any atom is -0.289 e. The van der Waals surface area contributed by atoms with Crippen molar-refractivity contribution >= 4 is 11.9 Å². The predicted molar refractivity (Wildman–Crippen MR) is 73.5 cm³/mol. The Morgan fingerprint density at radius 3 is 2.63 bits per heavy atom. The fourth-order valence-electron chi connectivity index (χ4n) is 1.64. The number of ketones is 1. The van der Waals surface area contributed by atoms with Crippen molar-refractivity contribution in [3.05, 3.63) is 70.8 Å². The van der Waals surface area contributed by atoms with Crippen LogP contribution in [0.1, 0.15) is 27.2 Å². The van der Waals surface area contributed by atoms with Crippen LogP contribution in [0.2, 0.25) is 0 Å². The first kappa shape index (κ1) is 13.1. The number of nitrogens with zero attached hydrogens (tertiary/aromatic N) is 1. The molecule has 0 radical (unpaired) electrons. The van der Waals surface area contributed by atoms with Crippen molar-refractivity contribution < 1.29 is 9.18 Å². The summed E-state index contributed by atoms with van der Waals surface area (Å²) in [4.78, 5) is 16.1. The van der Waals surface area contributed by atoms with E-state index in [2.05, 4.69) is 4.98 Å². The molecule has 0 N–H and O–H groups in total. The Kier molecular flexibility index (Phi) is 3.85. The van der Waals surface area contributed by atoms with Crippen LogP contribution in [0, 0.1) is 19.7 Å². The van der Waals surface area contributed by atoms with Crippen LogP contribution >= 0.6 is 0 Å². The highest BCUT2D eigenvalue weighted by Gasteiger charge is 2.04. The normalized spacial score (nSPS) is 10.9. The second-order valence-corrected chi connectivity index (χ2v) is 4.39. The maximum atomic E-state index is 13.1. The van der Waals surface area contributed by atoms with Gasteiger partial charge in [-0.15, -0.1) is 0 Å². The Hall–Kier alpha value is -2.29. The van der Waals surface area contributed by atoms with E-state index in [-0.39, 0.29) is 11.6 Å². The molecule has 2 aromatic rings. The van der Waals surface area contributed by atoms with Crippen LogP contribution in [0.25, 0.3) is 6.08 Å². The SMILES string of the molecule is Cc1ccc(C=CC(=O)c2ccc(F)c(C)c2)cn1. The molecular formula is C16H14FNO. The van der Waals surface area contributed by atoms with Gasteiger partial charge in [-0.25, -0.2) is 4.39 Å². The molecule has 0 spiro atoms. The fraction of sp³-hybridized carbons (Fsp3) is 0.125. The molecule has 0 saturated carbocycles. The number of pyridine rings is 1. The minimum atomic E-state index is -0.303. The average molecular weight is 255 g/mol. The Labute approximate surface area is 111 Å². The molecule has 3 heteroatoms. The van der Waals surface area contributed by atoms with E-state index in [9.17, 15) is 9.18 Å². The molecule has 96 valence electrons. The molecular weight excluding hydrogens is 241 g/mol. The maximum Gasteiger partial charge on any atom is 0.185 e. The second kappa shape index (κ2) is 5.57. The van der Waals surface area contributed by atoms with E-state index < -0.39 is 0 Å². The molecule has 0 unspecified atom stereocenters. The van der Waals surface area contributed by atoms with Crippen LogP contribution in [0.3, 0.4) is 0 Å². The van der Waals surface area contributed by atoms with E-state index in [0.717, 1.165) is 11.3 Å². The van der Waals surface area contributed by atoms with Crippen LogP contribution in [0.4, 0.5) is 4.39 Å². The Morgan fingerprint density at radius 2 is 2.00 bits per heavy atom. The Morgan fingerprint density at radius 1 is 1.21 bits per heavy atom. The molecule has 0 amide bonds. The molecule has 2 nitrogen and oxygen atoms in total. The number of allylic oxidation sites excluding steroid dienone is 1. The van der Waals surface area contributed by atoms with Crippen molar-refractivity contribution in [3.8, 4) is 0 Å². The second-order valence-electron chi connectivity index (χ2n) is 4.39. The number of carbonyl (C=O) groups excluding carboxylic acids is 1. The predicted octanol–water partition coefficient (Wildman–Crippen LogP) is 3.73. The molecule has 19 heavy (non-hydrogen) atoms. The van der Waals surface area contributed by atoms with Crippen molar-refractivity contribution in [2.75, 3.05) is 0 Å². The number of hydrogen-bond acceptors (Lipinski definition) is 2. The molecule has 1 aromatic carbocycles. The van der Waals surface area contributed by atoms with Gasteiger partial charge in [0.25, 0.3) is 0 Å². The summed E-state index contributed by atoms with van der Waals surface area (Å²) >= 11 is 0. The van der Waals surface area contributed by atoms with E-state index in [0.29, 0.717) is 11.1 Å². The van der Waals surface area contributed by atoms with Crippen LogP contribution in [-0.2, 0) is 0 Å². The lowest BCUT2D eigenvalue weighted by molar-refractivity contribution is 0.104. The summed E-state index contributed by atoms with van der Waals surface area (Å²) in [6.45, 7) is 3.54. The number of aryl methyl sites for hydroxylation is 2. The maximum absolute atomic E-state index is 13.1. The lowest BCUT2D eigenvalue weighted by Crippen LogP contribution is -1.96. The first-order valence-electron chi connectivity index (χ1n) is 5.97. The highest BCUT2D eigenvalue weighted by Crippen LogP contribution is 2.11. The number of halogens is 1. The molecule has 0 aliphatic rings. The van der Waals surface area contributed by atoms with Crippen LogP contribution in [0.15, 0.2) is 42.6 Å². The van der Waals surface area contributed by atoms with Gasteiger partial charge in [0.15, 0.2) is 5.78 Å². The molecule has 0 aliphatic carbocycles. The molecule has 0 aliphatic heterocycles. The standard InChI is InChI=1S/C16H14FNO/c1-11-9-14(6-7-15(11)17)16(19)8-5-13-4-3-12(2)18-10-13/h3-10H,1-2H3. The van der Waals surface area contributed by atoms with Gasteiger partial charge in [-0.05, 0) is 61.4 Å². The lowest BCUT2D eigenvalue weighted by atomic mass is 10.1. The summed E-state index contributed by atoms with van der Waals surface area (Å²) in [5.41, 5.74) is 2.74. The fourth-order valence-corrected chi connectivity index (χ4v) is 1.64. The number of aromatic nitrogens is 1. The Bertz CT molecular complexity index is 630. The zero-order valence-corrected chi connectivity index (χ0v) is 10.9. The summed E-state index contributed by atoms with van der Waals surface area (Å²) in [5, 5.41) is 0. The summed E-state index contributed by atoms with van der Waals surface area (Å²) in [6, 6.07) is 8.12. The number of hydrogen-bond donors (Lipinski definition) is 0. The zero-order valence-electron chi connectivity index (χ0n) is 10.9. The van der Waals surface area contributed by atoms with Gasteiger partial charge in [0, 0.05) is 17.5 Å². The topological polar surface area (TPSA) is 30.0 Å². The van der Waals surface area contributed by atoms with Crippen LogP contribution < -0.4 is 0 Å². The zero-order chi connectivity index (χ0) is 13.8. The summed E-state index contributed by atoms with van der Waals surface area (Å²) in [7, 11) is 0. The quantitative estimate of drug-likeness (QED) is 0.618. The smallest absolute Gasteiger partial charge is 0.185 e. The summed E-state index contributed by atoms with van der Waals surface area (Å²) in [5.74, 6) is -0.452. The third kappa shape index (κ3) is 3.35. The van der Waals surface area contributed by atoms with E-state index >= 15 is 0 Å². The molecule has 1 aromatic heterocycles. The van der Waals surface area contributed by atoms with Gasteiger partial charge in [0.05, 0.1) is 0 Å². The van der Waals surface area contributed by atoms with Gasteiger partial charge in [0.2, 0.25) is 0 Å². The van der Waals surface area contributed by atoms with Gasteiger partial charge in [-0.2, -0.15) is 0 Å². The van der Waals surface area contributed by atoms with Gasteiger partial charge in [-0.3, -0.25) is 9.78 Å². The molecule has 0 atom stereocenters. The molecule has 0 fully saturated rings. The molecule has 1 heterocycles. The van der Waals surface area contributed by atoms with E-state index in [4.69, 9.17) is 0 Å². The largest absolute Gasteiger partial charge is 0.289 e. The Balaban J connectivity index is 2.16. The summed E-state index contributed by atoms with van der Waals surface area (Å²) in [6.07, 6.45) is 4.88. The average Bonchev–Trinajstić information content (AvgIpc) is 2.41. The first-order chi connectivity index (χ1) is 9.06. The van der Waals surface area contributed by atoms with E-state index in [1.165, 1.54) is 18.2 Å². The highest BCUT2D eigenvalue weighted by molar-refractivity contribution is 6.06. The van der Waals surface area contributed by atoms with Gasteiger partial charge in [0.1, 0.15) is 5.82 Å².